The van der Waals surface area contributed by atoms with Gasteiger partial charge in [-0.1, -0.05) is 34.6 Å². The summed E-state index contributed by atoms with van der Waals surface area (Å²) in [5.74, 6) is 3.61. The summed E-state index contributed by atoms with van der Waals surface area (Å²) in [6, 6.07) is 1.89. The molecular weight excluding hydrogens is 236 g/mol. The topological polar surface area (TPSA) is 55.0 Å². The summed E-state index contributed by atoms with van der Waals surface area (Å²) in [5.41, 5.74) is 5.91. The van der Waals surface area contributed by atoms with Crippen molar-refractivity contribution >= 4 is 11.6 Å². The highest BCUT2D eigenvalue weighted by Crippen LogP contribution is 2.18. The van der Waals surface area contributed by atoms with Crippen LogP contribution in [0.25, 0.3) is 0 Å². The molecule has 0 atom stereocenters. The normalized spacial score (nSPS) is 11.3. The van der Waals surface area contributed by atoms with Crippen LogP contribution in [0.3, 0.4) is 0 Å². The lowest BCUT2D eigenvalue weighted by atomic mass is 10.1. The average molecular weight is 264 g/mol. The molecule has 0 aliphatic rings. The van der Waals surface area contributed by atoms with Gasteiger partial charge in [0.05, 0.1) is 0 Å². The number of nitrogens with zero attached hydrogens (tertiary/aromatic N) is 3. The number of rotatable bonds is 7. The lowest BCUT2D eigenvalue weighted by Gasteiger charge is -2.27. The van der Waals surface area contributed by atoms with E-state index in [-0.39, 0.29) is 0 Å². The zero-order valence-corrected chi connectivity index (χ0v) is 13.0. The van der Waals surface area contributed by atoms with Gasteiger partial charge in [0.2, 0.25) is 0 Å². The van der Waals surface area contributed by atoms with Gasteiger partial charge in [-0.3, -0.25) is 0 Å². The number of nitrogens with two attached hydrogens (primary N) is 1. The fourth-order valence-corrected chi connectivity index (χ4v) is 2.14. The third-order valence-corrected chi connectivity index (χ3v) is 2.75. The number of hydrogen-bond acceptors (Lipinski definition) is 4. The van der Waals surface area contributed by atoms with E-state index in [0.717, 1.165) is 37.6 Å². The van der Waals surface area contributed by atoms with Crippen molar-refractivity contribution < 1.29 is 0 Å². The molecule has 1 aromatic rings. The van der Waals surface area contributed by atoms with Crippen molar-refractivity contribution in [1.82, 2.24) is 9.97 Å². The summed E-state index contributed by atoms with van der Waals surface area (Å²) < 4.78 is 0. The van der Waals surface area contributed by atoms with Gasteiger partial charge in [0, 0.05) is 25.6 Å². The Hall–Kier alpha value is -1.32. The van der Waals surface area contributed by atoms with Gasteiger partial charge in [-0.05, 0) is 18.3 Å². The van der Waals surface area contributed by atoms with Gasteiger partial charge < -0.3 is 10.6 Å². The first-order chi connectivity index (χ1) is 8.92. The number of nitrogen functional groups attached to an aromatic ring is 1. The minimum absolute atomic E-state index is 0.575. The quantitative estimate of drug-likeness (QED) is 0.822. The third kappa shape index (κ3) is 5.45. The lowest BCUT2D eigenvalue weighted by molar-refractivity contribution is 0.547. The lowest BCUT2D eigenvalue weighted by Crippen LogP contribution is -2.32. The first kappa shape index (κ1) is 15.7. The molecule has 0 aliphatic heterocycles. The molecule has 0 fully saturated rings. The second-order valence-corrected chi connectivity index (χ2v) is 6.01. The molecule has 0 spiro atoms. The van der Waals surface area contributed by atoms with Crippen molar-refractivity contribution in [2.45, 2.75) is 47.5 Å². The predicted molar refractivity (Wildman–Crippen MR) is 82.3 cm³/mol. The van der Waals surface area contributed by atoms with Crippen molar-refractivity contribution in [3.8, 4) is 0 Å². The van der Waals surface area contributed by atoms with Gasteiger partial charge in [0.1, 0.15) is 17.5 Å². The first-order valence-electron chi connectivity index (χ1n) is 7.30. The highest BCUT2D eigenvalue weighted by atomic mass is 15.2. The van der Waals surface area contributed by atoms with Crippen molar-refractivity contribution in [1.29, 1.82) is 0 Å². The average Bonchev–Trinajstić information content (AvgIpc) is 2.26. The van der Waals surface area contributed by atoms with Gasteiger partial charge in [-0.15, -0.1) is 0 Å². The summed E-state index contributed by atoms with van der Waals surface area (Å²) in [5, 5.41) is 0. The second kappa shape index (κ2) is 7.31. The van der Waals surface area contributed by atoms with Crippen LogP contribution in [0, 0.1) is 11.8 Å². The maximum absolute atomic E-state index is 5.91. The van der Waals surface area contributed by atoms with Gasteiger partial charge in [-0.2, -0.15) is 0 Å². The number of aryl methyl sites for hydroxylation is 1. The molecule has 0 unspecified atom stereocenters. The van der Waals surface area contributed by atoms with E-state index in [4.69, 9.17) is 5.73 Å². The van der Waals surface area contributed by atoms with E-state index in [1.54, 1.807) is 0 Å². The Morgan fingerprint density at radius 1 is 1.11 bits per heavy atom. The van der Waals surface area contributed by atoms with E-state index in [2.05, 4.69) is 49.5 Å². The minimum atomic E-state index is 0.575. The highest BCUT2D eigenvalue weighted by molar-refractivity contribution is 5.47. The smallest absolute Gasteiger partial charge is 0.134 e. The van der Waals surface area contributed by atoms with E-state index < -0.39 is 0 Å². The minimum Gasteiger partial charge on any atom is -0.384 e. The van der Waals surface area contributed by atoms with Crippen molar-refractivity contribution in [2.75, 3.05) is 23.7 Å². The first-order valence-corrected chi connectivity index (χ1v) is 7.30. The molecule has 2 N–H and O–H groups in total. The molecule has 4 nitrogen and oxygen atoms in total. The van der Waals surface area contributed by atoms with Crippen LogP contribution in [0.15, 0.2) is 6.07 Å². The number of aromatic nitrogens is 2. The molecule has 0 aromatic carbocycles. The molecule has 4 heteroatoms. The van der Waals surface area contributed by atoms with E-state index in [0.29, 0.717) is 17.7 Å². The Bertz CT molecular complexity index is 378. The Balaban J connectivity index is 2.99. The molecule has 19 heavy (non-hydrogen) atoms. The van der Waals surface area contributed by atoms with Gasteiger partial charge in [0.25, 0.3) is 0 Å². The van der Waals surface area contributed by atoms with E-state index >= 15 is 0 Å². The Morgan fingerprint density at radius 2 is 1.68 bits per heavy atom. The molecule has 1 rings (SSSR count). The maximum atomic E-state index is 5.91. The van der Waals surface area contributed by atoms with Gasteiger partial charge >= 0.3 is 0 Å². The summed E-state index contributed by atoms with van der Waals surface area (Å²) in [7, 11) is 0. The Morgan fingerprint density at radius 3 is 2.16 bits per heavy atom. The molecule has 1 heterocycles. The van der Waals surface area contributed by atoms with Crippen LogP contribution in [0.1, 0.15) is 46.9 Å². The molecule has 0 bridgehead atoms. The standard InChI is InChI=1S/C15H28N4/c1-6-7-14-17-13(16)8-15(18-14)19(9-11(2)3)10-12(4)5/h8,11-12H,6-7,9-10H2,1-5H3,(H2,16,17,18). The van der Waals surface area contributed by atoms with Crippen molar-refractivity contribution in [3.63, 3.8) is 0 Å². The van der Waals surface area contributed by atoms with Crippen LogP contribution in [0.5, 0.6) is 0 Å². The molecule has 0 aliphatic carbocycles. The molecule has 0 radical (unpaired) electrons. The van der Waals surface area contributed by atoms with E-state index in [1.807, 2.05) is 6.07 Å². The number of hydrogen-bond donors (Lipinski definition) is 1. The predicted octanol–water partition coefficient (Wildman–Crippen LogP) is 3.13. The zero-order valence-electron chi connectivity index (χ0n) is 13.0. The SMILES string of the molecule is CCCc1nc(N)cc(N(CC(C)C)CC(C)C)n1. The summed E-state index contributed by atoms with van der Waals surface area (Å²) >= 11 is 0. The van der Waals surface area contributed by atoms with E-state index in [1.165, 1.54) is 0 Å². The summed E-state index contributed by atoms with van der Waals surface area (Å²) in [4.78, 5) is 11.3. The van der Waals surface area contributed by atoms with Crippen LogP contribution in [-0.4, -0.2) is 23.1 Å². The van der Waals surface area contributed by atoms with E-state index in [9.17, 15) is 0 Å². The molecule has 1 aromatic heterocycles. The summed E-state index contributed by atoms with van der Waals surface area (Å²) in [6.07, 6.45) is 1.92. The summed E-state index contributed by atoms with van der Waals surface area (Å²) in [6.45, 7) is 13.0. The second-order valence-electron chi connectivity index (χ2n) is 6.01. The van der Waals surface area contributed by atoms with Crippen LogP contribution in [0.2, 0.25) is 0 Å². The number of anilines is 2. The zero-order chi connectivity index (χ0) is 14.4. The molecule has 108 valence electrons. The fraction of sp³-hybridized carbons (Fsp3) is 0.733. The Labute approximate surface area is 117 Å². The van der Waals surface area contributed by atoms with Gasteiger partial charge in [0.15, 0.2) is 0 Å². The maximum Gasteiger partial charge on any atom is 0.134 e. The van der Waals surface area contributed by atoms with Crippen LogP contribution in [-0.2, 0) is 6.42 Å². The highest BCUT2D eigenvalue weighted by Gasteiger charge is 2.13. The largest absolute Gasteiger partial charge is 0.384 e. The molecule has 0 amide bonds. The fourth-order valence-electron chi connectivity index (χ4n) is 2.14. The van der Waals surface area contributed by atoms with Crippen molar-refractivity contribution in [2.24, 2.45) is 11.8 Å². The van der Waals surface area contributed by atoms with Crippen LogP contribution >= 0.6 is 0 Å². The molecular formula is C15H28N4. The van der Waals surface area contributed by atoms with Crippen LogP contribution < -0.4 is 10.6 Å². The van der Waals surface area contributed by atoms with Gasteiger partial charge in [-0.25, -0.2) is 9.97 Å². The Kier molecular flexibility index (Phi) is 6.06. The molecule has 0 saturated carbocycles. The van der Waals surface area contributed by atoms with Crippen LogP contribution in [0.4, 0.5) is 11.6 Å². The third-order valence-electron chi connectivity index (χ3n) is 2.75. The monoisotopic (exact) mass is 264 g/mol. The van der Waals surface area contributed by atoms with Crippen molar-refractivity contribution in [3.05, 3.63) is 11.9 Å². The molecule has 0 saturated heterocycles.